The van der Waals surface area contributed by atoms with Crippen LogP contribution in [0.4, 0.5) is 13.2 Å². The fourth-order valence-electron chi connectivity index (χ4n) is 3.73. The van der Waals surface area contributed by atoms with Gasteiger partial charge in [-0.25, -0.2) is 8.42 Å². The van der Waals surface area contributed by atoms with E-state index >= 15 is 0 Å². The van der Waals surface area contributed by atoms with Gasteiger partial charge < -0.3 is 4.90 Å². The summed E-state index contributed by atoms with van der Waals surface area (Å²) in [7, 11) is -4.26. The van der Waals surface area contributed by atoms with Crippen molar-refractivity contribution >= 4 is 38.3 Å². The zero-order valence-electron chi connectivity index (χ0n) is 16.6. The fourth-order valence-corrected chi connectivity index (χ4v) is 5.65. The van der Waals surface area contributed by atoms with E-state index in [2.05, 4.69) is 0 Å². The molecule has 0 bridgehead atoms. The highest BCUT2D eigenvalue weighted by atomic mass is 35.5. The Balaban J connectivity index is 1.54. The topological polar surface area (TPSA) is 57.7 Å². The molecule has 0 N–H and O–H groups in total. The molecule has 168 valence electrons. The number of carbonyl (C=O) groups excluding carboxylic acids is 1. The maximum absolute atomic E-state index is 13.1. The lowest BCUT2D eigenvalue weighted by molar-refractivity contribution is -0.137. The lowest BCUT2D eigenvalue weighted by Gasteiger charge is -2.34. The van der Waals surface area contributed by atoms with Crippen molar-refractivity contribution < 1.29 is 26.4 Å². The molecule has 1 aliphatic rings. The molecule has 4 rings (SSSR count). The van der Waals surface area contributed by atoms with Gasteiger partial charge in [-0.05, 0) is 35.0 Å². The maximum atomic E-state index is 13.1. The normalized spacial score (nSPS) is 15.8. The summed E-state index contributed by atoms with van der Waals surface area (Å²) in [4.78, 5) is 14.0. The number of halogens is 4. The Kier molecular flexibility index (Phi) is 5.91. The molecule has 32 heavy (non-hydrogen) atoms. The predicted octanol–water partition coefficient (Wildman–Crippen LogP) is 4.66. The minimum absolute atomic E-state index is 0.0502. The number of carbonyl (C=O) groups is 1. The molecule has 1 amide bonds. The molecule has 0 radical (unpaired) electrons. The van der Waals surface area contributed by atoms with Crippen LogP contribution in [-0.4, -0.2) is 49.7 Å². The molecule has 0 spiro atoms. The molecule has 3 aromatic rings. The SMILES string of the molecule is O=C(c1cccc2ccccc12)N1CCN(S(=O)(=O)c2cc(C(F)(F)F)ccc2Cl)CC1. The minimum atomic E-state index is -4.70. The van der Waals surface area contributed by atoms with Crippen LogP contribution in [0.2, 0.25) is 5.02 Å². The number of hydrogen-bond acceptors (Lipinski definition) is 3. The number of amides is 1. The van der Waals surface area contributed by atoms with E-state index in [4.69, 9.17) is 11.6 Å². The summed E-state index contributed by atoms with van der Waals surface area (Å²) in [6.07, 6.45) is -4.70. The molecule has 1 aliphatic heterocycles. The van der Waals surface area contributed by atoms with Crippen molar-refractivity contribution in [3.8, 4) is 0 Å². The van der Waals surface area contributed by atoms with Crippen LogP contribution in [-0.2, 0) is 16.2 Å². The Hall–Kier alpha value is -2.62. The zero-order chi connectivity index (χ0) is 23.1. The summed E-state index contributed by atoms with van der Waals surface area (Å²) in [5.74, 6) is -0.226. The van der Waals surface area contributed by atoms with Crippen LogP contribution in [0.1, 0.15) is 15.9 Å². The van der Waals surface area contributed by atoms with Crippen LogP contribution >= 0.6 is 11.6 Å². The van der Waals surface area contributed by atoms with Crippen LogP contribution in [0.15, 0.2) is 65.6 Å². The molecule has 10 heteroatoms. The van der Waals surface area contributed by atoms with E-state index in [1.165, 1.54) is 0 Å². The number of nitrogens with zero attached hydrogens (tertiary/aromatic N) is 2. The van der Waals surface area contributed by atoms with Crippen LogP contribution in [0.25, 0.3) is 10.8 Å². The third-order valence-corrected chi connectivity index (χ3v) is 7.80. The average molecular weight is 483 g/mol. The van der Waals surface area contributed by atoms with Crippen molar-refractivity contribution in [1.29, 1.82) is 0 Å². The number of sulfonamides is 1. The second kappa shape index (κ2) is 8.38. The number of alkyl halides is 3. The van der Waals surface area contributed by atoms with E-state index in [-0.39, 0.29) is 37.1 Å². The highest BCUT2D eigenvalue weighted by molar-refractivity contribution is 7.89. The van der Waals surface area contributed by atoms with Crippen LogP contribution in [0.3, 0.4) is 0 Å². The van der Waals surface area contributed by atoms with Crippen molar-refractivity contribution in [2.75, 3.05) is 26.2 Å². The lowest BCUT2D eigenvalue weighted by Crippen LogP contribution is -2.50. The van der Waals surface area contributed by atoms with Gasteiger partial charge in [-0.3, -0.25) is 4.79 Å². The third-order valence-electron chi connectivity index (χ3n) is 5.42. The van der Waals surface area contributed by atoms with Gasteiger partial charge in [-0.2, -0.15) is 17.5 Å². The van der Waals surface area contributed by atoms with Crippen LogP contribution < -0.4 is 0 Å². The molecule has 0 unspecified atom stereocenters. The molecule has 5 nitrogen and oxygen atoms in total. The van der Waals surface area contributed by atoms with Crippen LogP contribution in [0, 0.1) is 0 Å². The van der Waals surface area contributed by atoms with E-state index < -0.39 is 26.7 Å². The fraction of sp³-hybridized carbons (Fsp3) is 0.227. The Morgan fingerprint density at radius 3 is 2.25 bits per heavy atom. The second-order valence-corrected chi connectivity index (χ2v) is 9.68. The molecule has 0 saturated carbocycles. The van der Waals surface area contributed by atoms with Crippen LogP contribution in [0.5, 0.6) is 0 Å². The van der Waals surface area contributed by atoms with Gasteiger partial charge in [-0.15, -0.1) is 0 Å². The molecule has 1 fully saturated rings. The number of fused-ring (bicyclic) bond motifs is 1. The van der Waals surface area contributed by atoms with E-state index in [0.717, 1.165) is 27.2 Å². The van der Waals surface area contributed by atoms with Gasteiger partial charge in [0.1, 0.15) is 4.90 Å². The summed E-state index contributed by atoms with van der Waals surface area (Å²) < 4.78 is 66.2. The first-order chi connectivity index (χ1) is 15.1. The molecule has 3 aromatic carbocycles. The van der Waals surface area contributed by atoms with Crippen molar-refractivity contribution in [3.05, 3.63) is 76.8 Å². The van der Waals surface area contributed by atoms with Crippen molar-refractivity contribution in [3.63, 3.8) is 0 Å². The van der Waals surface area contributed by atoms with Gasteiger partial charge >= 0.3 is 6.18 Å². The first kappa shape index (κ1) is 22.6. The smallest absolute Gasteiger partial charge is 0.336 e. The van der Waals surface area contributed by atoms with Gasteiger partial charge in [-0.1, -0.05) is 48.0 Å². The highest BCUT2D eigenvalue weighted by Gasteiger charge is 2.36. The Labute approximate surface area is 188 Å². The first-order valence-corrected chi connectivity index (χ1v) is 11.5. The maximum Gasteiger partial charge on any atom is 0.416 e. The summed E-state index contributed by atoms with van der Waals surface area (Å²) in [5, 5.41) is 1.43. The van der Waals surface area contributed by atoms with Crippen molar-refractivity contribution in [2.24, 2.45) is 0 Å². The number of hydrogen-bond donors (Lipinski definition) is 0. The van der Waals surface area contributed by atoms with Gasteiger partial charge in [0.05, 0.1) is 10.6 Å². The Morgan fingerprint density at radius 2 is 1.56 bits per heavy atom. The predicted molar refractivity (Wildman–Crippen MR) is 115 cm³/mol. The quantitative estimate of drug-likeness (QED) is 0.545. The lowest BCUT2D eigenvalue weighted by atomic mass is 10.0. The van der Waals surface area contributed by atoms with E-state index in [1.54, 1.807) is 17.0 Å². The molecule has 0 aliphatic carbocycles. The summed E-state index contributed by atoms with van der Waals surface area (Å²) in [6, 6.07) is 15.1. The molecule has 0 atom stereocenters. The molecule has 1 saturated heterocycles. The third kappa shape index (κ3) is 4.20. The van der Waals surface area contributed by atoms with Gasteiger partial charge in [0.2, 0.25) is 10.0 Å². The molecule has 1 heterocycles. The monoisotopic (exact) mass is 482 g/mol. The minimum Gasteiger partial charge on any atom is -0.336 e. The van der Waals surface area contributed by atoms with E-state index in [9.17, 15) is 26.4 Å². The summed E-state index contributed by atoms with van der Waals surface area (Å²) >= 11 is 5.93. The first-order valence-electron chi connectivity index (χ1n) is 9.73. The Bertz CT molecular complexity index is 1280. The number of rotatable bonds is 3. The highest BCUT2D eigenvalue weighted by Crippen LogP contribution is 2.34. The van der Waals surface area contributed by atoms with Crippen molar-refractivity contribution in [2.45, 2.75) is 11.1 Å². The molecular formula is C22H18ClF3N2O3S. The van der Waals surface area contributed by atoms with Gasteiger partial charge in [0.25, 0.3) is 5.91 Å². The number of piperazine rings is 1. The second-order valence-electron chi connectivity index (χ2n) is 7.37. The van der Waals surface area contributed by atoms with Gasteiger partial charge in [0.15, 0.2) is 0 Å². The number of benzene rings is 3. The van der Waals surface area contributed by atoms with Gasteiger partial charge in [0, 0.05) is 31.7 Å². The van der Waals surface area contributed by atoms with Crippen molar-refractivity contribution in [1.82, 2.24) is 9.21 Å². The molecular weight excluding hydrogens is 465 g/mol. The van der Waals surface area contributed by atoms with E-state index in [1.807, 2.05) is 30.3 Å². The zero-order valence-corrected chi connectivity index (χ0v) is 18.2. The average Bonchev–Trinajstić information content (AvgIpc) is 2.77. The summed E-state index contributed by atoms with van der Waals surface area (Å²) in [6.45, 7) is 0.118. The largest absolute Gasteiger partial charge is 0.416 e. The summed E-state index contributed by atoms with van der Waals surface area (Å²) in [5.41, 5.74) is -0.578. The van der Waals surface area contributed by atoms with E-state index in [0.29, 0.717) is 11.6 Å². The standard InChI is InChI=1S/C22H18ClF3N2O3S/c23-19-9-8-16(22(24,25)26)14-20(19)32(30,31)28-12-10-27(11-13-28)21(29)18-7-3-5-15-4-1-2-6-17(15)18/h1-9,14H,10-13H2. The Morgan fingerprint density at radius 1 is 0.906 bits per heavy atom. The molecule has 0 aromatic heterocycles.